The lowest BCUT2D eigenvalue weighted by Crippen LogP contribution is -2.07. The summed E-state index contributed by atoms with van der Waals surface area (Å²) in [5.41, 5.74) is 0.489. The maximum absolute atomic E-state index is 11.7. The fourth-order valence-electron chi connectivity index (χ4n) is 1.07. The van der Waals surface area contributed by atoms with E-state index in [1.54, 1.807) is 31.5 Å². The standard InChI is InChI=1S/C9H9BrNOP/c1-13(2,12)9-4-3-8(10)5-7(9)6-11/h3-5H,1-2H3. The van der Waals surface area contributed by atoms with Crippen LogP contribution < -0.4 is 5.30 Å². The van der Waals surface area contributed by atoms with Crippen molar-refractivity contribution in [1.82, 2.24) is 0 Å². The van der Waals surface area contributed by atoms with Gasteiger partial charge in [0.25, 0.3) is 0 Å². The van der Waals surface area contributed by atoms with Crippen LogP contribution in [-0.4, -0.2) is 13.3 Å². The van der Waals surface area contributed by atoms with E-state index in [9.17, 15) is 4.57 Å². The van der Waals surface area contributed by atoms with Crippen LogP contribution >= 0.6 is 23.1 Å². The number of benzene rings is 1. The van der Waals surface area contributed by atoms with Gasteiger partial charge in [-0.1, -0.05) is 15.9 Å². The zero-order valence-electron chi connectivity index (χ0n) is 7.41. The number of hydrogen-bond acceptors (Lipinski definition) is 2. The van der Waals surface area contributed by atoms with E-state index in [4.69, 9.17) is 5.26 Å². The number of rotatable bonds is 1. The summed E-state index contributed by atoms with van der Waals surface area (Å²) in [6.45, 7) is 3.33. The lowest BCUT2D eigenvalue weighted by molar-refractivity contribution is 0.588. The van der Waals surface area contributed by atoms with Gasteiger partial charge >= 0.3 is 0 Å². The van der Waals surface area contributed by atoms with Gasteiger partial charge in [-0.25, -0.2) is 0 Å². The van der Waals surface area contributed by atoms with Crippen LogP contribution in [0.2, 0.25) is 0 Å². The van der Waals surface area contributed by atoms with Gasteiger partial charge in [0.05, 0.1) is 11.6 Å². The largest absolute Gasteiger partial charge is 0.319 e. The zero-order valence-corrected chi connectivity index (χ0v) is 9.89. The predicted molar refractivity (Wildman–Crippen MR) is 57.9 cm³/mol. The fraction of sp³-hybridized carbons (Fsp3) is 0.222. The maximum Gasteiger partial charge on any atom is 0.111 e. The van der Waals surface area contributed by atoms with Crippen molar-refractivity contribution in [2.75, 3.05) is 13.3 Å². The van der Waals surface area contributed by atoms with Crippen LogP contribution in [0, 0.1) is 11.3 Å². The molecule has 0 radical (unpaired) electrons. The lowest BCUT2D eigenvalue weighted by atomic mass is 10.2. The Morgan fingerprint density at radius 1 is 1.46 bits per heavy atom. The van der Waals surface area contributed by atoms with Crippen molar-refractivity contribution in [3.8, 4) is 6.07 Å². The molecule has 0 spiro atoms. The topological polar surface area (TPSA) is 40.9 Å². The summed E-state index contributed by atoms with van der Waals surface area (Å²) in [4.78, 5) is 0. The van der Waals surface area contributed by atoms with Gasteiger partial charge in [-0.2, -0.15) is 5.26 Å². The second-order valence-electron chi connectivity index (χ2n) is 3.12. The summed E-state index contributed by atoms with van der Waals surface area (Å²) >= 11 is 3.26. The van der Waals surface area contributed by atoms with Gasteiger partial charge in [-0.3, -0.25) is 0 Å². The molecule has 0 aromatic heterocycles. The molecule has 0 aliphatic rings. The molecule has 4 heteroatoms. The van der Waals surface area contributed by atoms with E-state index in [0.29, 0.717) is 10.9 Å². The summed E-state index contributed by atoms with van der Waals surface area (Å²) in [5.74, 6) is 0. The summed E-state index contributed by atoms with van der Waals surface area (Å²) < 4.78 is 12.6. The van der Waals surface area contributed by atoms with E-state index < -0.39 is 7.14 Å². The second-order valence-corrected chi connectivity index (χ2v) is 7.22. The van der Waals surface area contributed by atoms with Crippen LogP contribution in [-0.2, 0) is 4.57 Å². The van der Waals surface area contributed by atoms with Gasteiger partial charge in [0, 0.05) is 9.78 Å². The van der Waals surface area contributed by atoms with Crippen LogP contribution in [0.3, 0.4) is 0 Å². The Morgan fingerprint density at radius 2 is 2.08 bits per heavy atom. The molecule has 0 fully saturated rings. The molecule has 0 aliphatic heterocycles. The smallest absolute Gasteiger partial charge is 0.111 e. The van der Waals surface area contributed by atoms with Crippen molar-refractivity contribution >= 4 is 28.4 Å². The molecule has 2 nitrogen and oxygen atoms in total. The number of hydrogen-bond donors (Lipinski definition) is 0. The molecule has 0 aliphatic carbocycles. The third-order valence-electron chi connectivity index (χ3n) is 1.66. The van der Waals surface area contributed by atoms with Gasteiger partial charge in [-0.05, 0) is 31.5 Å². The molecule has 0 unspecified atom stereocenters. The predicted octanol–water partition coefficient (Wildman–Crippen LogP) is 2.57. The van der Waals surface area contributed by atoms with Gasteiger partial charge in [0.15, 0.2) is 0 Å². The minimum atomic E-state index is -2.34. The molecule has 13 heavy (non-hydrogen) atoms. The SMILES string of the molecule is CP(C)(=O)c1ccc(Br)cc1C#N. The van der Waals surface area contributed by atoms with E-state index in [1.807, 2.05) is 6.07 Å². The van der Waals surface area contributed by atoms with E-state index in [1.165, 1.54) is 0 Å². The van der Waals surface area contributed by atoms with Crippen LogP contribution in [0.4, 0.5) is 0 Å². The third kappa shape index (κ3) is 2.43. The highest BCUT2D eigenvalue weighted by Crippen LogP contribution is 2.36. The van der Waals surface area contributed by atoms with Gasteiger partial charge in [0.1, 0.15) is 7.14 Å². The van der Waals surface area contributed by atoms with Gasteiger partial charge < -0.3 is 4.57 Å². The molecule has 1 aromatic carbocycles. The Balaban J connectivity index is 3.41. The molecule has 68 valence electrons. The van der Waals surface area contributed by atoms with Crippen LogP contribution in [0.15, 0.2) is 22.7 Å². The summed E-state index contributed by atoms with van der Waals surface area (Å²) in [5, 5.41) is 9.47. The summed E-state index contributed by atoms with van der Waals surface area (Å²) in [6, 6.07) is 7.27. The fourth-order valence-corrected chi connectivity index (χ4v) is 2.56. The van der Waals surface area contributed by atoms with Crippen molar-refractivity contribution < 1.29 is 4.57 Å². The van der Waals surface area contributed by atoms with Crippen molar-refractivity contribution in [3.63, 3.8) is 0 Å². The third-order valence-corrected chi connectivity index (χ3v) is 3.70. The summed E-state index contributed by atoms with van der Waals surface area (Å²) in [6.07, 6.45) is 0. The van der Waals surface area contributed by atoms with Crippen molar-refractivity contribution in [1.29, 1.82) is 5.26 Å². The van der Waals surface area contributed by atoms with E-state index in [-0.39, 0.29) is 0 Å². The van der Waals surface area contributed by atoms with Crippen molar-refractivity contribution in [3.05, 3.63) is 28.2 Å². The summed E-state index contributed by atoms with van der Waals surface area (Å²) in [7, 11) is -2.34. The molecule has 0 saturated heterocycles. The number of nitriles is 1. The van der Waals surface area contributed by atoms with Gasteiger partial charge in [0.2, 0.25) is 0 Å². The number of nitrogens with zero attached hydrogens (tertiary/aromatic N) is 1. The average molecular weight is 258 g/mol. The first-order valence-electron chi connectivity index (χ1n) is 3.70. The van der Waals surface area contributed by atoms with E-state index in [0.717, 1.165) is 4.47 Å². The highest BCUT2D eigenvalue weighted by Gasteiger charge is 2.15. The maximum atomic E-state index is 11.7. The van der Waals surface area contributed by atoms with E-state index in [2.05, 4.69) is 15.9 Å². The Bertz CT molecular complexity index is 416. The molecule has 0 N–H and O–H groups in total. The monoisotopic (exact) mass is 257 g/mol. The van der Waals surface area contributed by atoms with Crippen LogP contribution in [0.1, 0.15) is 5.56 Å². The second kappa shape index (κ2) is 3.65. The average Bonchev–Trinajstić information content (AvgIpc) is 2.01. The van der Waals surface area contributed by atoms with Crippen molar-refractivity contribution in [2.45, 2.75) is 0 Å². The Morgan fingerprint density at radius 3 is 2.54 bits per heavy atom. The first kappa shape index (κ1) is 10.5. The first-order valence-corrected chi connectivity index (χ1v) is 7.10. The highest BCUT2D eigenvalue weighted by molar-refractivity contribution is 9.10. The molecule has 0 saturated carbocycles. The molecular weight excluding hydrogens is 249 g/mol. The number of halogens is 1. The van der Waals surface area contributed by atoms with E-state index >= 15 is 0 Å². The normalized spacial score (nSPS) is 10.9. The van der Waals surface area contributed by atoms with Crippen LogP contribution in [0.25, 0.3) is 0 Å². The zero-order chi connectivity index (χ0) is 10.1. The molecule has 0 heterocycles. The highest BCUT2D eigenvalue weighted by atomic mass is 79.9. The molecule has 0 amide bonds. The quantitative estimate of drug-likeness (QED) is 0.726. The van der Waals surface area contributed by atoms with Crippen LogP contribution in [0.5, 0.6) is 0 Å². The van der Waals surface area contributed by atoms with Gasteiger partial charge in [-0.15, -0.1) is 0 Å². The Hall–Kier alpha value is -0.580. The molecule has 0 bridgehead atoms. The molecule has 0 atom stereocenters. The lowest BCUT2D eigenvalue weighted by Gasteiger charge is -2.08. The Kier molecular flexibility index (Phi) is 2.95. The molecule has 1 aromatic rings. The minimum absolute atomic E-state index is 0.489. The minimum Gasteiger partial charge on any atom is -0.319 e. The molecule has 1 rings (SSSR count). The Labute approximate surface area is 86.1 Å². The molecular formula is C9H9BrNOP. The van der Waals surface area contributed by atoms with Crippen molar-refractivity contribution in [2.24, 2.45) is 0 Å². The first-order chi connectivity index (χ1) is 5.95.